The summed E-state index contributed by atoms with van der Waals surface area (Å²) in [5, 5.41) is 3.62. The van der Waals surface area contributed by atoms with E-state index in [1.54, 1.807) is 0 Å². The van der Waals surface area contributed by atoms with Crippen LogP contribution in [0.4, 0.5) is 11.4 Å². The molecule has 1 saturated heterocycles. The second-order valence-corrected chi connectivity index (χ2v) is 5.22. The molecule has 0 amide bonds. The van der Waals surface area contributed by atoms with Gasteiger partial charge in [0.05, 0.1) is 11.4 Å². The molecule has 0 bridgehead atoms. The Balaban J connectivity index is 2.16. The van der Waals surface area contributed by atoms with Gasteiger partial charge in [0.1, 0.15) is 0 Å². The fourth-order valence-corrected chi connectivity index (χ4v) is 2.63. The predicted molar refractivity (Wildman–Crippen MR) is 79.7 cm³/mol. The Bertz CT molecular complexity index is 376. The molecule has 0 spiro atoms. The lowest BCUT2D eigenvalue weighted by atomic mass is 10.1. The fourth-order valence-electron chi connectivity index (χ4n) is 2.63. The van der Waals surface area contributed by atoms with Crippen LogP contribution in [0.25, 0.3) is 0 Å². The maximum absolute atomic E-state index is 3.62. The minimum Gasteiger partial charge on any atom is -0.376 e. The number of hydrogen-bond donors (Lipinski definition) is 1. The lowest BCUT2D eigenvalue weighted by Gasteiger charge is -2.27. The van der Waals surface area contributed by atoms with Crippen molar-refractivity contribution in [3.8, 4) is 0 Å². The Morgan fingerprint density at radius 1 is 1.28 bits per heavy atom. The molecule has 1 fully saturated rings. The molecule has 3 nitrogen and oxygen atoms in total. The van der Waals surface area contributed by atoms with Gasteiger partial charge in [-0.05, 0) is 25.0 Å². The minimum absolute atomic E-state index is 0.682. The van der Waals surface area contributed by atoms with Crippen LogP contribution in [-0.4, -0.2) is 39.8 Å². The largest absolute Gasteiger partial charge is 0.376 e. The van der Waals surface area contributed by atoms with Crippen LogP contribution < -0.4 is 15.1 Å². The molecule has 0 aliphatic carbocycles. The lowest BCUT2D eigenvalue weighted by molar-refractivity contribution is 0.510. The Labute approximate surface area is 111 Å². The molecule has 1 aromatic carbocycles. The van der Waals surface area contributed by atoms with E-state index in [1.165, 1.54) is 24.2 Å². The molecule has 0 radical (unpaired) electrons. The third-order valence-corrected chi connectivity index (χ3v) is 3.76. The van der Waals surface area contributed by atoms with Crippen LogP contribution in [0.2, 0.25) is 0 Å². The number of anilines is 2. The summed E-state index contributed by atoms with van der Waals surface area (Å²) in [6, 6.07) is 9.37. The molecule has 0 saturated carbocycles. The Morgan fingerprint density at radius 2 is 2.06 bits per heavy atom. The van der Waals surface area contributed by atoms with Gasteiger partial charge in [0, 0.05) is 39.8 Å². The third kappa shape index (κ3) is 2.96. The standard InChI is InChI=1S/C15H25N3/c1-4-13-9-11-18(12-10-16-13)15-8-6-5-7-14(15)17(2)3/h5-8,13,16H,4,9-12H2,1-3H3. The van der Waals surface area contributed by atoms with Gasteiger partial charge in [-0.3, -0.25) is 0 Å². The average Bonchev–Trinajstić information content (AvgIpc) is 2.63. The summed E-state index contributed by atoms with van der Waals surface area (Å²) in [4.78, 5) is 4.71. The van der Waals surface area contributed by atoms with Crippen molar-refractivity contribution >= 4 is 11.4 Å². The van der Waals surface area contributed by atoms with E-state index < -0.39 is 0 Å². The van der Waals surface area contributed by atoms with E-state index in [0.717, 1.165) is 19.6 Å². The van der Waals surface area contributed by atoms with Crippen LogP contribution in [-0.2, 0) is 0 Å². The smallest absolute Gasteiger partial charge is 0.0604 e. The topological polar surface area (TPSA) is 18.5 Å². The molecule has 2 rings (SSSR count). The molecule has 3 heteroatoms. The molecule has 1 aromatic rings. The summed E-state index contributed by atoms with van der Waals surface area (Å²) in [5.41, 5.74) is 2.67. The molecule has 100 valence electrons. The van der Waals surface area contributed by atoms with E-state index in [2.05, 4.69) is 60.4 Å². The predicted octanol–water partition coefficient (Wildman–Crippen LogP) is 2.33. The third-order valence-electron chi connectivity index (χ3n) is 3.76. The van der Waals surface area contributed by atoms with Crippen LogP contribution in [0, 0.1) is 0 Å². The van der Waals surface area contributed by atoms with Gasteiger partial charge in [0.15, 0.2) is 0 Å². The van der Waals surface area contributed by atoms with Gasteiger partial charge in [0.2, 0.25) is 0 Å². The Kier molecular flexibility index (Phi) is 4.48. The van der Waals surface area contributed by atoms with Gasteiger partial charge in [-0.15, -0.1) is 0 Å². The molecule has 1 aliphatic rings. The average molecular weight is 247 g/mol. The van der Waals surface area contributed by atoms with Crippen LogP contribution in [0.15, 0.2) is 24.3 Å². The number of rotatable bonds is 3. The highest BCUT2D eigenvalue weighted by Gasteiger charge is 2.17. The van der Waals surface area contributed by atoms with Crippen molar-refractivity contribution in [3.05, 3.63) is 24.3 Å². The van der Waals surface area contributed by atoms with Crippen molar-refractivity contribution in [3.63, 3.8) is 0 Å². The highest BCUT2D eigenvalue weighted by molar-refractivity contribution is 5.70. The summed E-state index contributed by atoms with van der Waals surface area (Å²) in [5.74, 6) is 0. The molecule has 1 unspecified atom stereocenters. The first-order chi connectivity index (χ1) is 8.72. The van der Waals surface area contributed by atoms with Crippen molar-refractivity contribution in [1.82, 2.24) is 5.32 Å². The normalized spacial score (nSPS) is 20.6. The maximum atomic E-state index is 3.62. The molecule has 1 atom stereocenters. The van der Waals surface area contributed by atoms with E-state index in [-0.39, 0.29) is 0 Å². The highest BCUT2D eigenvalue weighted by atomic mass is 15.2. The van der Waals surface area contributed by atoms with Crippen LogP contribution in [0.3, 0.4) is 0 Å². The number of nitrogens with one attached hydrogen (secondary N) is 1. The molecular formula is C15H25N3. The first-order valence-electron chi connectivity index (χ1n) is 6.97. The number of para-hydroxylation sites is 2. The monoisotopic (exact) mass is 247 g/mol. The summed E-state index contributed by atoms with van der Waals surface area (Å²) >= 11 is 0. The van der Waals surface area contributed by atoms with Gasteiger partial charge < -0.3 is 15.1 Å². The lowest BCUT2D eigenvalue weighted by Crippen LogP contribution is -2.30. The Hall–Kier alpha value is -1.22. The van der Waals surface area contributed by atoms with Crippen molar-refractivity contribution in [2.75, 3.05) is 43.5 Å². The second kappa shape index (κ2) is 6.10. The maximum Gasteiger partial charge on any atom is 0.0604 e. The summed E-state index contributed by atoms with van der Waals surface area (Å²) < 4.78 is 0. The Morgan fingerprint density at radius 3 is 2.78 bits per heavy atom. The highest BCUT2D eigenvalue weighted by Crippen LogP contribution is 2.28. The number of hydrogen-bond acceptors (Lipinski definition) is 3. The molecule has 1 N–H and O–H groups in total. The summed E-state index contributed by atoms with van der Waals surface area (Å²) in [6.45, 7) is 5.60. The van der Waals surface area contributed by atoms with Crippen LogP contribution in [0.5, 0.6) is 0 Å². The summed E-state index contributed by atoms with van der Waals surface area (Å²) in [7, 11) is 4.23. The van der Waals surface area contributed by atoms with E-state index in [4.69, 9.17) is 0 Å². The molecular weight excluding hydrogens is 222 g/mol. The second-order valence-electron chi connectivity index (χ2n) is 5.22. The minimum atomic E-state index is 0.682. The first-order valence-corrected chi connectivity index (χ1v) is 6.97. The quantitative estimate of drug-likeness (QED) is 0.884. The van der Waals surface area contributed by atoms with E-state index >= 15 is 0 Å². The van der Waals surface area contributed by atoms with Gasteiger partial charge in [-0.2, -0.15) is 0 Å². The SMILES string of the molecule is CCC1CCN(c2ccccc2N(C)C)CCN1. The van der Waals surface area contributed by atoms with Gasteiger partial charge >= 0.3 is 0 Å². The van der Waals surface area contributed by atoms with E-state index in [0.29, 0.717) is 6.04 Å². The van der Waals surface area contributed by atoms with Crippen LogP contribution in [0.1, 0.15) is 19.8 Å². The van der Waals surface area contributed by atoms with Gasteiger partial charge in [-0.1, -0.05) is 19.1 Å². The van der Waals surface area contributed by atoms with Gasteiger partial charge in [0.25, 0.3) is 0 Å². The zero-order chi connectivity index (χ0) is 13.0. The van der Waals surface area contributed by atoms with Crippen LogP contribution >= 0.6 is 0 Å². The van der Waals surface area contributed by atoms with Crippen molar-refractivity contribution < 1.29 is 0 Å². The fraction of sp³-hybridized carbons (Fsp3) is 0.600. The van der Waals surface area contributed by atoms with Gasteiger partial charge in [-0.25, -0.2) is 0 Å². The zero-order valence-electron chi connectivity index (χ0n) is 11.8. The molecule has 18 heavy (non-hydrogen) atoms. The van der Waals surface area contributed by atoms with Crippen molar-refractivity contribution in [1.29, 1.82) is 0 Å². The molecule has 1 heterocycles. The van der Waals surface area contributed by atoms with E-state index in [1.807, 2.05) is 0 Å². The number of benzene rings is 1. The first kappa shape index (κ1) is 13.2. The van der Waals surface area contributed by atoms with Crippen molar-refractivity contribution in [2.24, 2.45) is 0 Å². The molecule has 0 aromatic heterocycles. The van der Waals surface area contributed by atoms with Crippen molar-refractivity contribution in [2.45, 2.75) is 25.8 Å². The number of nitrogens with zero attached hydrogens (tertiary/aromatic N) is 2. The van der Waals surface area contributed by atoms with E-state index in [9.17, 15) is 0 Å². The summed E-state index contributed by atoms with van der Waals surface area (Å²) in [6.07, 6.45) is 2.46. The molecule has 1 aliphatic heterocycles. The zero-order valence-corrected chi connectivity index (χ0v) is 11.8.